The molecule has 2 fully saturated rings. The average molecular weight is 563 g/mol. The zero-order valence-corrected chi connectivity index (χ0v) is 20.6. The summed E-state index contributed by atoms with van der Waals surface area (Å²) in [6.07, 6.45) is 3.09. The van der Waals surface area contributed by atoms with Crippen LogP contribution in [-0.2, 0) is 36.4 Å². The van der Waals surface area contributed by atoms with Crippen molar-refractivity contribution in [3.63, 3.8) is 0 Å². The van der Waals surface area contributed by atoms with Crippen LogP contribution in [-0.4, -0.2) is 113 Å². The van der Waals surface area contributed by atoms with Crippen LogP contribution in [0.25, 0.3) is 11.2 Å². The number of aliphatic hydroxyl groups is 2. The Morgan fingerprint density at radius 2 is 1.80 bits per heavy atom. The molecule has 2 aliphatic rings. The Morgan fingerprint density at radius 1 is 1.20 bits per heavy atom. The summed E-state index contributed by atoms with van der Waals surface area (Å²) < 4.78 is 72.1. The number of anilines is 1. The summed E-state index contributed by atoms with van der Waals surface area (Å²) >= 11 is 0. The van der Waals surface area contributed by atoms with Crippen molar-refractivity contribution < 1.29 is 50.0 Å². The maximum Gasteiger partial charge on any atom is 0.394 e. The number of hydrogen-bond acceptors (Lipinski definition) is 13. The molecule has 0 bridgehead atoms. The third kappa shape index (κ3) is 9.34. The molecule has 0 radical (unpaired) electrons. The van der Waals surface area contributed by atoms with Crippen LogP contribution in [0.2, 0.25) is 0 Å². The second-order valence-corrected chi connectivity index (χ2v) is 11.6. The number of nitrogen functional groups attached to an aromatic ring is 1. The first-order valence-electron chi connectivity index (χ1n) is 9.71. The number of fused-ring (bicyclic) bond motifs is 1. The number of rotatable bonds is 4. The number of imidazole rings is 1. The summed E-state index contributed by atoms with van der Waals surface area (Å²) in [5.41, 5.74) is 6.76. The van der Waals surface area contributed by atoms with E-state index in [1.54, 1.807) is 4.57 Å². The molecule has 200 valence electrons. The van der Waals surface area contributed by atoms with E-state index in [2.05, 4.69) is 26.5 Å². The Morgan fingerprint density at radius 3 is 2.34 bits per heavy atom. The molecular formula is C15H26N6O11S3. The van der Waals surface area contributed by atoms with Crippen molar-refractivity contribution in [3.05, 3.63) is 12.7 Å². The molecule has 2 aliphatic heterocycles. The normalized spacial score (nSPS) is 27.6. The summed E-state index contributed by atoms with van der Waals surface area (Å²) in [6, 6.07) is 0. The number of nitrogens with two attached hydrogens (primary N) is 1. The second kappa shape index (κ2) is 12.0. The minimum atomic E-state index is -4.92. The lowest BCUT2D eigenvalue weighted by atomic mass is 10.1. The zero-order chi connectivity index (χ0) is 26.6. The number of nitrogens with one attached hydrogen (secondary N) is 1. The van der Waals surface area contributed by atoms with Crippen LogP contribution in [0.1, 0.15) is 12.6 Å². The monoisotopic (exact) mass is 562 g/mol. The van der Waals surface area contributed by atoms with E-state index in [0.29, 0.717) is 16.4 Å². The van der Waals surface area contributed by atoms with Gasteiger partial charge in [-0.1, -0.05) is 0 Å². The van der Waals surface area contributed by atoms with Crippen LogP contribution in [0, 0.1) is 0 Å². The van der Waals surface area contributed by atoms with E-state index in [1.165, 1.54) is 12.7 Å². The fourth-order valence-electron chi connectivity index (χ4n) is 3.52. The predicted molar refractivity (Wildman–Crippen MR) is 122 cm³/mol. The molecule has 17 nitrogen and oxygen atoms in total. The SMILES string of the molecule is C[S+](C[C@H]1O[C@@H](n2cnc3c(N)ncnc32)[C@H](O)[C@@H]1O)C1CCNC1.O=S(=O)(O)O.O=S(=O)([O-])O. The van der Waals surface area contributed by atoms with Crippen LogP contribution in [0.5, 0.6) is 0 Å². The lowest BCUT2D eigenvalue weighted by Gasteiger charge is -2.17. The van der Waals surface area contributed by atoms with Crippen molar-refractivity contribution in [2.45, 2.75) is 36.2 Å². The second-order valence-electron chi connectivity index (χ2n) is 7.48. The van der Waals surface area contributed by atoms with Crippen LogP contribution < -0.4 is 11.1 Å². The van der Waals surface area contributed by atoms with E-state index in [1.807, 2.05) is 0 Å². The Kier molecular flexibility index (Phi) is 10.1. The van der Waals surface area contributed by atoms with Gasteiger partial charge in [0.1, 0.15) is 41.2 Å². The maximum atomic E-state index is 10.5. The fourth-order valence-corrected chi connectivity index (χ4v) is 5.51. The van der Waals surface area contributed by atoms with Crippen molar-refractivity contribution >= 4 is 48.7 Å². The highest BCUT2D eigenvalue weighted by Gasteiger charge is 2.47. The first kappa shape index (κ1) is 29.5. The topological polar surface area (TPSA) is 283 Å². The molecule has 4 heterocycles. The van der Waals surface area contributed by atoms with Crippen molar-refractivity contribution in [2.75, 3.05) is 30.8 Å². The first-order chi connectivity index (χ1) is 16.1. The van der Waals surface area contributed by atoms with Crippen molar-refractivity contribution in [3.8, 4) is 0 Å². The van der Waals surface area contributed by atoms with E-state index in [9.17, 15) is 10.2 Å². The summed E-state index contributed by atoms with van der Waals surface area (Å²) in [5, 5.41) is 24.9. The quantitative estimate of drug-likeness (QED) is 0.111. The van der Waals surface area contributed by atoms with Gasteiger partial charge in [0.15, 0.2) is 17.7 Å². The third-order valence-electron chi connectivity index (χ3n) is 5.01. The van der Waals surface area contributed by atoms with Gasteiger partial charge in [0.2, 0.25) is 10.4 Å². The molecule has 0 saturated carbocycles. The Labute approximate surface area is 203 Å². The van der Waals surface area contributed by atoms with Crippen LogP contribution in [0.4, 0.5) is 5.82 Å². The van der Waals surface area contributed by atoms with E-state index in [0.717, 1.165) is 25.3 Å². The number of aliphatic hydroxyl groups excluding tert-OH is 2. The lowest BCUT2D eigenvalue weighted by Crippen LogP contribution is -2.38. The highest BCUT2D eigenvalue weighted by Crippen LogP contribution is 2.33. The van der Waals surface area contributed by atoms with E-state index in [-0.39, 0.29) is 16.7 Å². The smallest absolute Gasteiger partial charge is 0.394 e. The molecule has 0 amide bonds. The van der Waals surface area contributed by atoms with Crippen LogP contribution >= 0.6 is 0 Å². The summed E-state index contributed by atoms with van der Waals surface area (Å²) in [7, 11) is -9.48. The Balaban J connectivity index is 0.000000368. The molecule has 0 aromatic carbocycles. The fraction of sp³-hybridized carbons (Fsp3) is 0.667. The molecule has 0 aliphatic carbocycles. The van der Waals surface area contributed by atoms with E-state index in [4.69, 9.17) is 45.5 Å². The molecule has 35 heavy (non-hydrogen) atoms. The minimum Gasteiger partial charge on any atom is -0.726 e. The van der Waals surface area contributed by atoms with Crippen molar-refractivity contribution in [1.82, 2.24) is 24.8 Å². The number of ether oxygens (including phenoxy) is 1. The summed E-state index contributed by atoms with van der Waals surface area (Å²) in [4.78, 5) is 12.3. The number of hydrogen-bond donors (Lipinski definition) is 7. The molecule has 6 atom stereocenters. The molecule has 2 aromatic rings. The molecule has 2 aromatic heterocycles. The minimum absolute atomic E-state index is 0.108. The number of aromatic nitrogens is 4. The molecule has 2 saturated heterocycles. The Bertz CT molecular complexity index is 1140. The van der Waals surface area contributed by atoms with Gasteiger partial charge in [0.25, 0.3) is 0 Å². The van der Waals surface area contributed by atoms with Gasteiger partial charge < -0.3 is 30.6 Å². The number of nitrogens with zero attached hydrogens (tertiary/aromatic N) is 4. The van der Waals surface area contributed by atoms with Gasteiger partial charge in [-0.25, -0.2) is 23.4 Å². The van der Waals surface area contributed by atoms with Crippen LogP contribution in [0.15, 0.2) is 12.7 Å². The predicted octanol–water partition coefficient (Wildman–Crippen LogP) is -3.01. The van der Waals surface area contributed by atoms with Crippen LogP contribution in [0.3, 0.4) is 0 Å². The molecule has 0 spiro atoms. The molecule has 8 N–H and O–H groups in total. The Hall–Kier alpha value is -1.72. The summed E-state index contributed by atoms with van der Waals surface area (Å²) in [5.74, 6) is 1.00. The van der Waals surface area contributed by atoms with Gasteiger partial charge in [0.05, 0.1) is 12.6 Å². The van der Waals surface area contributed by atoms with Gasteiger partial charge in [0, 0.05) is 19.5 Å². The molecule has 2 unspecified atom stereocenters. The zero-order valence-electron chi connectivity index (χ0n) is 18.1. The van der Waals surface area contributed by atoms with Gasteiger partial charge in [-0.3, -0.25) is 18.2 Å². The molecular weight excluding hydrogens is 536 g/mol. The van der Waals surface area contributed by atoms with Gasteiger partial charge in [-0.2, -0.15) is 8.42 Å². The van der Waals surface area contributed by atoms with Crippen molar-refractivity contribution in [1.29, 1.82) is 0 Å². The third-order valence-corrected chi connectivity index (χ3v) is 7.40. The summed E-state index contributed by atoms with van der Waals surface area (Å²) in [6.45, 7) is 2.06. The lowest BCUT2D eigenvalue weighted by molar-refractivity contribution is -0.0290. The first-order valence-corrected chi connectivity index (χ1v) is 14.3. The van der Waals surface area contributed by atoms with Gasteiger partial charge >= 0.3 is 10.4 Å². The standard InChI is InChI=1S/C15H23N6O3S.2H2O4S/c1-25(8-2-3-17-4-8)5-9-11(22)12(23)15(24-9)21-7-20-10-13(16)18-6-19-14(10)21;2*1-5(2,3)4/h6-9,11-12,15,17,22-23H,2-5H2,1H3,(H2,16,18,19);2*(H2,1,2,3,4)/q+1;;/p-1/t8?,9-,11-,12-,15-,25?;;/m1../s1. The van der Waals surface area contributed by atoms with Gasteiger partial charge in [-0.15, -0.1) is 0 Å². The average Bonchev–Trinajstić information content (AvgIpc) is 3.42. The van der Waals surface area contributed by atoms with E-state index < -0.39 is 45.3 Å². The highest BCUT2D eigenvalue weighted by molar-refractivity contribution is 7.96. The van der Waals surface area contributed by atoms with E-state index >= 15 is 0 Å². The largest absolute Gasteiger partial charge is 0.726 e. The molecule has 20 heteroatoms. The maximum absolute atomic E-state index is 10.5. The van der Waals surface area contributed by atoms with Gasteiger partial charge in [-0.05, 0) is 10.9 Å². The van der Waals surface area contributed by atoms with Crippen molar-refractivity contribution in [2.24, 2.45) is 0 Å². The highest BCUT2D eigenvalue weighted by atomic mass is 32.3. The molecule has 4 rings (SSSR count).